The first-order chi connectivity index (χ1) is 9.83. The van der Waals surface area contributed by atoms with Gasteiger partial charge in [-0.2, -0.15) is 0 Å². The Labute approximate surface area is 135 Å². The molecule has 128 valence electrons. The monoisotopic (exact) mass is 297 g/mol. The lowest BCUT2D eigenvalue weighted by atomic mass is 9.89. The van der Waals surface area contributed by atoms with E-state index in [4.69, 9.17) is 0 Å². The Morgan fingerprint density at radius 2 is 1.05 bits per heavy atom. The van der Waals surface area contributed by atoms with Gasteiger partial charge in [0.15, 0.2) is 0 Å². The maximum absolute atomic E-state index is 2.46. The van der Waals surface area contributed by atoms with E-state index in [2.05, 4.69) is 46.6 Å². The highest BCUT2D eigenvalue weighted by Crippen LogP contribution is 2.22. The molecular weight excluding hydrogens is 254 g/mol. The smallest absolute Gasteiger partial charge is 0.00355 e. The van der Waals surface area contributed by atoms with Gasteiger partial charge in [0.2, 0.25) is 0 Å². The Kier molecular flexibility index (Phi) is 12.5. The number of nitrogens with zero attached hydrogens (tertiary/aromatic N) is 1. The Morgan fingerprint density at radius 1 is 0.667 bits per heavy atom. The van der Waals surface area contributed by atoms with E-state index in [0.717, 1.165) is 0 Å². The van der Waals surface area contributed by atoms with E-state index in [1.54, 1.807) is 0 Å². The first-order valence-corrected chi connectivity index (χ1v) is 9.53. The quantitative estimate of drug-likeness (QED) is 0.343. The molecule has 0 unspecified atom stereocenters. The highest BCUT2D eigenvalue weighted by atomic mass is 15.1. The molecule has 0 spiro atoms. The summed E-state index contributed by atoms with van der Waals surface area (Å²) in [5.41, 5.74) is 0.531. The Bertz CT molecular complexity index is 214. The topological polar surface area (TPSA) is 3.24 Å². The summed E-state index contributed by atoms with van der Waals surface area (Å²) in [5.74, 6) is 0. The predicted octanol–water partition coefficient (Wildman–Crippen LogP) is 6.66. The van der Waals surface area contributed by atoms with Crippen LogP contribution in [0.2, 0.25) is 0 Å². The first kappa shape index (κ1) is 21.0. The van der Waals surface area contributed by atoms with Crippen molar-refractivity contribution in [3.05, 3.63) is 0 Å². The fraction of sp³-hybridized carbons (Fsp3) is 1.00. The van der Waals surface area contributed by atoms with Crippen molar-refractivity contribution in [3.63, 3.8) is 0 Å². The van der Waals surface area contributed by atoms with Crippen molar-refractivity contribution in [1.82, 2.24) is 4.90 Å². The molecule has 0 N–H and O–H groups in total. The van der Waals surface area contributed by atoms with E-state index in [-0.39, 0.29) is 0 Å². The van der Waals surface area contributed by atoms with Crippen LogP contribution in [-0.4, -0.2) is 24.5 Å². The largest absolute Gasteiger partial charge is 0.304 e. The van der Waals surface area contributed by atoms with Gasteiger partial charge in [0.1, 0.15) is 0 Å². The molecule has 0 rings (SSSR count). The average molecular weight is 298 g/mol. The maximum atomic E-state index is 2.46. The zero-order valence-corrected chi connectivity index (χ0v) is 16.0. The second kappa shape index (κ2) is 12.5. The standard InChI is InChI=1S/C20H43N/c1-19(2)21(6)18-16-14-12-10-8-7-9-11-13-15-17-20(3,4)5/h19H,7-18H2,1-6H3. The minimum absolute atomic E-state index is 0.531. The van der Waals surface area contributed by atoms with Crippen LogP contribution in [0.3, 0.4) is 0 Å². The molecule has 21 heavy (non-hydrogen) atoms. The summed E-state index contributed by atoms with van der Waals surface area (Å²) in [6.07, 6.45) is 15.8. The highest BCUT2D eigenvalue weighted by Gasteiger charge is 2.08. The van der Waals surface area contributed by atoms with Gasteiger partial charge in [-0.3, -0.25) is 0 Å². The summed E-state index contributed by atoms with van der Waals surface area (Å²) in [7, 11) is 2.24. The zero-order chi connectivity index (χ0) is 16.1. The van der Waals surface area contributed by atoms with Crippen LogP contribution in [-0.2, 0) is 0 Å². The van der Waals surface area contributed by atoms with Gasteiger partial charge in [-0.15, -0.1) is 0 Å². The third kappa shape index (κ3) is 16.2. The van der Waals surface area contributed by atoms with Crippen LogP contribution in [0.25, 0.3) is 0 Å². The van der Waals surface area contributed by atoms with Crippen LogP contribution in [0.1, 0.15) is 105 Å². The van der Waals surface area contributed by atoms with Crippen LogP contribution < -0.4 is 0 Å². The van der Waals surface area contributed by atoms with Gasteiger partial charge in [0.25, 0.3) is 0 Å². The van der Waals surface area contributed by atoms with Gasteiger partial charge < -0.3 is 4.90 Å². The summed E-state index contributed by atoms with van der Waals surface area (Å²) in [5, 5.41) is 0. The van der Waals surface area contributed by atoms with Crippen molar-refractivity contribution in [3.8, 4) is 0 Å². The van der Waals surface area contributed by atoms with Crippen LogP contribution in [0.15, 0.2) is 0 Å². The second-order valence-corrected chi connectivity index (χ2v) is 8.42. The molecule has 0 amide bonds. The molecule has 1 nitrogen and oxygen atoms in total. The minimum Gasteiger partial charge on any atom is -0.304 e. The van der Waals surface area contributed by atoms with Crippen LogP contribution in [0.5, 0.6) is 0 Å². The molecule has 0 saturated carbocycles. The average Bonchev–Trinajstić information content (AvgIpc) is 2.38. The lowest BCUT2D eigenvalue weighted by Gasteiger charge is -2.20. The van der Waals surface area contributed by atoms with Crippen LogP contribution in [0.4, 0.5) is 0 Å². The summed E-state index contributed by atoms with van der Waals surface area (Å²) >= 11 is 0. The summed E-state index contributed by atoms with van der Waals surface area (Å²) in [4.78, 5) is 2.46. The van der Waals surface area contributed by atoms with Gasteiger partial charge >= 0.3 is 0 Å². The van der Waals surface area contributed by atoms with Crippen molar-refractivity contribution < 1.29 is 0 Å². The van der Waals surface area contributed by atoms with E-state index < -0.39 is 0 Å². The lowest BCUT2D eigenvalue weighted by Crippen LogP contribution is -2.27. The van der Waals surface area contributed by atoms with Crippen molar-refractivity contribution in [2.45, 2.75) is 111 Å². The normalized spacial score (nSPS) is 12.6. The minimum atomic E-state index is 0.531. The second-order valence-electron chi connectivity index (χ2n) is 8.42. The summed E-state index contributed by atoms with van der Waals surface area (Å²) in [6, 6.07) is 0.697. The predicted molar refractivity (Wildman–Crippen MR) is 98.0 cm³/mol. The van der Waals surface area contributed by atoms with Crippen molar-refractivity contribution in [1.29, 1.82) is 0 Å². The van der Waals surface area contributed by atoms with E-state index in [1.807, 2.05) is 0 Å². The van der Waals surface area contributed by atoms with E-state index >= 15 is 0 Å². The molecule has 0 atom stereocenters. The molecule has 0 radical (unpaired) electrons. The van der Waals surface area contributed by atoms with Crippen LogP contribution in [0, 0.1) is 5.41 Å². The van der Waals surface area contributed by atoms with Gasteiger partial charge in [-0.25, -0.2) is 0 Å². The van der Waals surface area contributed by atoms with Crippen molar-refractivity contribution in [2.75, 3.05) is 13.6 Å². The fourth-order valence-corrected chi connectivity index (χ4v) is 2.69. The number of unbranched alkanes of at least 4 members (excludes halogenated alkanes) is 9. The third-order valence-electron chi connectivity index (χ3n) is 4.57. The maximum Gasteiger partial charge on any atom is 0.00355 e. The van der Waals surface area contributed by atoms with Crippen LogP contribution >= 0.6 is 0 Å². The fourth-order valence-electron chi connectivity index (χ4n) is 2.69. The molecule has 0 fully saturated rings. The molecule has 0 bridgehead atoms. The Balaban J connectivity index is 3.13. The van der Waals surface area contributed by atoms with Gasteiger partial charge in [-0.05, 0) is 45.7 Å². The molecule has 0 aromatic heterocycles. The molecule has 0 saturated heterocycles. The lowest BCUT2D eigenvalue weighted by molar-refractivity contribution is 0.267. The molecule has 0 aliphatic rings. The molecule has 0 heterocycles. The molecule has 0 aliphatic heterocycles. The zero-order valence-electron chi connectivity index (χ0n) is 16.0. The third-order valence-corrected chi connectivity index (χ3v) is 4.57. The van der Waals surface area contributed by atoms with Crippen molar-refractivity contribution >= 4 is 0 Å². The van der Waals surface area contributed by atoms with Gasteiger partial charge in [0, 0.05) is 6.04 Å². The molecule has 0 aromatic rings. The van der Waals surface area contributed by atoms with E-state index in [9.17, 15) is 0 Å². The molecule has 1 heteroatoms. The van der Waals surface area contributed by atoms with E-state index in [1.165, 1.54) is 77.2 Å². The van der Waals surface area contributed by atoms with Gasteiger partial charge in [-0.1, -0.05) is 78.6 Å². The molecule has 0 aliphatic carbocycles. The first-order valence-electron chi connectivity index (χ1n) is 9.53. The summed E-state index contributed by atoms with van der Waals surface area (Å²) in [6.45, 7) is 12.9. The number of hydrogen-bond donors (Lipinski definition) is 0. The Hall–Kier alpha value is -0.0400. The molecule has 0 aromatic carbocycles. The number of rotatable bonds is 13. The van der Waals surface area contributed by atoms with E-state index in [0.29, 0.717) is 11.5 Å². The van der Waals surface area contributed by atoms with Gasteiger partial charge in [0.05, 0.1) is 0 Å². The number of hydrogen-bond acceptors (Lipinski definition) is 1. The highest BCUT2D eigenvalue weighted by molar-refractivity contribution is 4.61. The molecular formula is C20H43N. The summed E-state index contributed by atoms with van der Waals surface area (Å²) < 4.78 is 0. The Morgan fingerprint density at radius 3 is 1.43 bits per heavy atom. The SMILES string of the molecule is CC(C)N(C)CCCCCCCCCCCCC(C)(C)C. The van der Waals surface area contributed by atoms with Crippen molar-refractivity contribution in [2.24, 2.45) is 5.41 Å².